The van der Waals surface area contributed by atoms with E-state index in [0.29, 0.717) is 23.5 Å². The summed E-state index contributed by atoms with van der Waals surface area (Å²) in [4.78, 5) is 0. The van der Waals surface area contributed by atoms with Gasteiger partial charge < -0.3 is 10.4 Å². The fourth-order valence-corrected chi connectivity index (χ4v) is 2.68. The van der Waals surface area contributed by atoms with Gasteiger partial charge in [0.2, 0.25) is 0 Å². The second-order valence-electron chi connectivity index (χ2n) is 5.33. The molecule has 20 heavy (non-hydrogen) atoms. The summed E-state index contributed by atoms with van der Waals surface area (Å²) in [6, 6.07) is 18.4. The monoisotopic (exact) mass is 287 g/mol. The predicted octanol–water partition coefficient (Wildman–Crippen LogP) is 3.52. The first kappa shape index (κ1) is 13.6. The summed E-state index contributed by atoms with van der Waals surface area (Å²) in [5.41, 5.74) is 2.28. The average Bonchev–Trinajstić information content (AvgIpc) is 3.26. The minimum absolute atomic E-state index is 0.482. The average molecular weight is 288 g/mol. The lowest BCUT2D eigenvalue weighted by atomic mass is 10.1. The topological polar surface area (TPSA) is 32.3 Å². The number of halogens is 1. The highest BCUT2D eigenvalue weighted by Gasteiger charge is 2.37. The van der Waals surface area contributed by atoms with Crippen LogP contribution in [0, 0.1) is 0 Å². The zero-order valence-corrected chi connectivity index (χ0v) is 11.9. The molecule has 2 aromatic rings. The van der Waals surface area contributed by atoms with Gasteiger partial charge in [0, 0.05) is 23.5 Å². The van der Waals surface area contributed by atoms with E-state index in [1.54, 1.807) is 0 Å². The van der Waals surface area contributed by atoms with Gasteiger partial charge in [0.1, 0.15) is 0 Å². The first-order valence-corrected chi connectivity index (χ1v) is 7.33. The van der Waals surface area contributed by atoms with Gasteiger partial charge >= 0.3 is 0 Å². The maximum atomic E-state index is 10.1. The minimum atomic E-state index is -0.482. The maximum absolute atomic E-state index is 10.1. The molecular weight excluding hydrogens is 270 g/mol. The zero-order valence-electron chi connectivity index (χ0n) is 11.2. The van der Waals surface area contributed by atoms with Crippen LogP contribution in [0.25, 0.3) is 0 Å². The molecule has 3 atom stereocenters. The molecule has 0 radical (unpaired) electrons. The molecule has 0 aliphatic heterocycles. The van der Waals surface area contributed by atoms with Crippen LogP contribution in [0.5, 0.6) is 0 Å². The number of benzene rings is 2. The molecule has 3 rings (SSSR count). The summed E-state index contributed by atoms with van der Waals surface area (Å²) in [6.45, 7) is 0.579. The van der Waals surface area contributed by atoms with E-state index in [9.17, 15) is 5.11 Å². The first-order valence-electron chi connectivity index (χ1n) is 6.96. The quantitative estimate of drug-likeness (QED) is 0.882. The van der Waals surface area contributed by atoms with Crippen molar-refractivity contribution in [3.63, 3.8) is 0 Å². The molecule has 1 saturated carbocycles. The largest absolute Gasteiger partial charge is 0.387 e. The van der Waals surface area contributed by atoms with Crippen LogP contribution < -0.4 is 5.32 Å². The lowest BCUT2D eigenvalue weighted by Gasteiger charge is -2.12. The molecule has 2 N–H and O–H groups in total. The van der Waals surface area contributed by atoms with Gasteiger partial charge in [-0.1, -0.05) is 54.1 Å². The van der Waals surface area contributed by atoms with Gasteiger partial charge in [-0.2, -0.15) is 0 Å². The Morgan fingerprint density at radius 2 is 1.80 bits per heavy atom. The summed E-state index contributed by atoms with van der Waals surface area (Å²) < 4.78 is 0. The molecule has 0 heterocycles. The van der Waals surface area contributed by atoms with E-state index in [2.05, 4.69) is 29.6 Å². The van der Waals surface area contributed by atoms with Crippen molar-refractivity contribution >= 4 is 11.6 Å². The predicted molar refractivity (Wildman–Crippen MR) is 82.0 cm³/mol. The van der Waals surface area contributed by atoms with Gasteiger partial charge in [0.15, 0.2) is 0 Å². The van der Waals surface area contributed by atoms with Crippen LogP contribution in [0.1, 0.15) is 29.6 Å². The van der Waals surface area contributed by atoms with Gasteiger partial charge in [-0.05, 0) is 29.7 Å². The summed E-state index contributed by atoms with van der Waals surface area (Å²) in [6.07, 6.45) is 0.668. The van der Waals surface area contributed by atoms with Gasteiger partial charge in [0.05, 0.1) is 6.10 Å². The van der Waals surface area contributed by atoms with Gasteiger partial charge in [-0.25, -0.2) is 0 Å². The number of aliphatic hydroxyl groups is 1. The molecule has 1 aliphatic rings. The Kier molecular flexibility index (Phi) is 4.06. The van der Waals surface area contributed by atoms with Crippen LogP contribution in [0.15, 0.2) is 54.6 Å². The first-order chi connectivity index (χ1) is 9.74. The zero-order chi connectivity index (χ0) is 13.9. The number of rotatable bonds is 5. The molecule has 0 saturated heterocycles. The van der Waals surface area contributed by atoms with Crippen molar-refractivity contribution in [1.82, 2.24) is 5.32 Å². The second-order valence-corrected chi connectivity index (χ2v) is 5.77. The molecule has 2 nitrogen and oxygen atoms in total. The standard InChI is InChI=1S/C17H18ClNO/c18-14-8-6-13(7-9-14)17(20)11-19-16-10-15(16)12-4-2-1-3-5-12/h1-9,15-17,19-20H,10-11H2. The van der Waals surface area contributed by atoms with Crippen LogP contribution in [-0.2, 0) is 0 Å². The van der Waals surface area contributed by atoms with Crippen molar-refractivity contribution in [2.24, 2.45) is 0 Å². The maximum Gasteiger partial charge on any atom is 0.0914 e. The molecule has 0 bridgehead atoms. The van der Waals surface area contributed by atoms with Gasteiger partial charge in [-0.3, -0.25) is 0 Å². The lowest BCUT2D eigenvalue weighted by Crippen LogP contribution is -2.24. The summed E-state index contributed by atoms with van der Waals surface area (Å²) >= 11 is 5.84. The molecule has 3 unspecified atom stereocenters. The fraction of sp³-hybridized carbons (Fsp3) is 0.294. The Bertz CT molecular complexity index is 555. The third kappa shape index (κ3) is 3.21. The van der Waals surface area contributed by atoms with Crippen molar-refractivity contribution in [3.8, 4) is 0 Å². The molecule has 0 amide bonds. The lowest BCUT2D eigenvalue weighted by molar-refractivity contribution is 0.174. The number of hydrogen-bond acceptors (Lipinski definition) is 2. The summed E-state index contributed by atoms with van der Waals surface area (Å²) in [5.74, 6) is 0.591. The summed E-state index contributed by atoms with van der Waals surface area (Å²) in [7, 11) is 0. The van der Waals surface area contributed by atoms with E-state index in [-0.39, 0.29) is 0 Å². The van der Waals surface area contributed by atoms with E-state index in [1.165, 1.54) is 5.56 Å². The van der Waals surface area contributed by atoms with E-state index in [4.69, 9.17) is 11.6 Å². The van der Waals surface area contributed by atoms with Crippen LogP contribution in [-0.4, -0.2) is 17.7 Å². The third-order valence-electron chi connectivity index (χ3n) is 3.85. The Labute approximate surface area is 124 Å². The van der Waals surface area contributed by atoms with Crippen LogP contribution in [0.2, 0.25) is 5.02 Å². The van der Waals surface area contributed by atoms with Crippen molar-refractivity contribution in [2.45, 2.75) is 24.5 Å². The van der Waals surface area contributed by atoms with Crippen LogP contribution in [0.4, 0.5) is 0 Å². The van der Waals surface area contributed by atoms with Crippen LogP contribution in [0.3, 0.4) is 0 Å². The number of nitrogens with one attached hydrogen (secondary N) is 1. The van der Waals surface area contributed by atoms with Crippen molar-refractivity contribution in [3.05, 3.63) is 70.7 Å². The van der Waals surface area contributed by atoms with Crippen LogP contribution >= 0.6 is 11.6 Å². The normalized spacial score (nSPS) is 22.5. The number of aliphatic hydroxyl groups excluding tert-OH is 1. The molecular formula is C17H18ClNO. The SMILES string of the molecule is OC(CNC1CC1c1ccccc1)c1ccc(Cl)cc1. The smallest absolute Gasteiger partial charge is 0.0914 e. The molecule has 1 aliphatic carbocycles. The van der Waals surface area contributed by atoms with E-state index >= 15 is 0 Å². The van der Waals surface area contributed by atoms with Gasteiger partial charge in [0.25, 0.3) is 0 Å². The second kappa shape index (κ2) is 5.96. The highest BCUT2D eigenvalue weighted by atomic mass is 35.5. The van der Waals surface area contributed by atoms with Crippen molar-refractivity contribution in [1.29, 1.82) is 0 Å². The Morgan fingerprint density at radius 3 is 2.50 bits per heavy atom. The van der Waals surface area contributed by atoms with Crippen molar-refractivity contribution in [2.75, 3.05) is 6.54 Å². The number of hydrogen-bond donors (Lipinski definition) is 2. The summed E-state index contributed by atoms with van der Waals surface area (Å²) in [5, 5.41) is 14.3. The molecule has 104 valence electrons. The molecule has 0 aromatic heterocycles. The Morgan fingerprint density at radius 1 is 1.10 bits per heavy atom. The molecule has 2 aromatic carbocycles. The van der Waals surface area contributed by atoms with E-state index in [1.807, 2.05) is 30.3 Å². The van der Waals surface area contributed by atoms with Crippen molar-refractivity contribution < 1.29 is 5.11 Å². The molecule has 3 heteroatoms. The molecule has 0 spiro atoms. The van der Waals surface area contributed by atoms with E-state index < -0.39 is 6.10 Å². The highest BCUT2D eigenvalue weighted by molar-refractivity contribution is 6.30. The Hall–Kier alpha value is -1.35. The molecule has 1 fully saturated rings. The third-order valence-corrected chi connectivity index (χ3v) is 4.10. The Balaban J connectivity index is 1.50. The highest BCUT2D eigenvalue weighted by Crippen LogP contribution is 2.40. The van der Waals surface area contributed by atoms with E-state index in [0.717, 1.165) is 12.0 Å². The van der Waals surface area contributed by atoms with Gasteiger partial charge in [-0.15, -0.1) is 0 Å². The minimum Gasteiger partial charge on any atom is -0.387 e. The fourth-order valence-electron chi connectivity index (χ4n) is 2.56.